The number of carboxylic acids is 1. The summed E-state index contributed by atoms with van der Waals surface area (Å²) in [6.45, 7) is 6.73. The van der Waals surface area contributed by atoms with Crippen molar-refractivity contribution in [1.82, 2.24) is 9.97 Å². The van der Waals surface area contributed by atoms with Crippen molar-refractivity contribution in [3.8, 4) is 5.75 Å². The predicted octanol–water partition coefficient (Wildman–Crippen LogP) is 2.54. The van der Waals surface area contributed by atoms with Crippen molar-refractivity contribution in [2.45, 2.75) is 27.7 Å². The number of aromatic nitrogens is 2. The molecule has 4 N–H and O–H groups in total. The van der Waals surface area contributed by atoms with Crippen LogP contribution in [0.5, 0.6) is 5.75 Å². The summed E-state index contributed by atoms with van der Waals surface area (Å²) < 4.78 is 0. The van der Waals surface area contributed by atoms with Crippen LogP contribution in [0, 0.1) is 27.7 Å². The number of aromatic carboxylic acids is 1. The first kappa shape index (κ1) is 15.8. The van der Waals surface area contributed by atoms with Gasteiger partial charge in [0.1, 0.15) is 11.6 Å². The summed E-state index contributed by atoms with van der Waals surface area (Å²) in [5, 5.41) is 22.1. The highest BCUT2D eigenvalue weighted by Crippen LogP contribution is 2.39. The molecule has 1 amide bonds. The maximum Gasteiger partial charge on any atom is 0.337 e. The number of rotatable bonds is 2. The first-order valence-electron chi connectivity index (χ1n) is 7.38. The van der Waals surface area contributed by atoms with E-state index in [1.807, 2.05) is 0 Å². The second-order valence-electron chi connectivity index (χ2n) is 5.88. The van der Waals surface area contributed by atoms with E-state index in [0.717, 1.165) is 0 Å². The SMILES string of the molecule is Cc1nc2c(c(C)c1O)C(=Cc1[nH]c(C)c(C(=O)O)c1C)C(=O)N2. The molecule has 24 heavy (non-hydrogen) atoms. The quantitative estimate of drug-likeness (QED) is 0.633. The van der Waals surface area contributed by atoms with Gasteiger partial charge in [0.15, 0.2) is 0 Å². The number of carboxylic acid groups (broad SMARTS) is 1. The van der Waals surface area contributed by atoms with E-state index in [1.165, 1.54) is 0 Å². The molecule has 7 nitrogen and oxygen atoms in total. The number of pyridine rings is 1. The minimum Gasteiger partial charge on any atom is -0.506 e. The van der Waals surface area contributed by atoms with Gasteiger partial charge in [0, 0.05) is 22.5 Å². The van der Waals surface area contributed by atoms with E-state index in [4.69, 9.17) is 0 Å². The second-order valence-corrected chi connectivity index (χ2v) is 5.88. The number of anilines is 1. The first-order chi connectivity index (χ1) is 11.2. The molecule has 0 radical (unpaired) electrons. The topological polar surface area (TPSA) is 115 Å². The summed E-state index contributed by atoms with van der Waals surface area (Å²) >= 11 is 0. The van der Waals surface area contributed by atoms with Crippen LogP contribution in [0.1, 0.15) is 44.1 Å². The van der Waals surface area contributed by atoms with E-state index in [2.05, 4.69) is 15.3 Å². The third-order valence-electron chi connectivity index (χ3n) is 4.31. The number of amides is 1. The molecule has 1 aliphatic heterocycles. The molecule has 0 aliphatic carbocycles. The average molecular weight is 327 g/mol. The Morgan fingerprint density at radius 1 is 1.17 bits per heavy atom. The Balaban J connectivity index is 2.21. The largest absolute Gasteiger partial charge is 0.506 e. The number of hydrogen-bond acceptors (Lipinski definition) is 4. The molecule has 0 spiro atoms. The zero-order valence-electron chi connectivity index (χ0n) is 13.7. The molecule has 0 bridgehead atoms. The number of nitrogens with one attached hydrogen (secondary N) is 2. The smallest absolute Gasteiger partial charge is 0.337 e. The summed E-state index contributed by atoms with van der Waals surface area (Å²) in [7, 11) is 0. The van der Waals surface area contributed by atoms with Gasteiger partial charge < -0.3 is 20.5 Å². The lowest BCUT2D eigenvalue weighted by Crippen LogP contribution is -2.04. The van der Waals surface area contributed by atoms with Gasteiger partial charge in [0.05, 0.1) is 16.8 Å². The minimum absolute atomic E-state index is 0.0433. The lowest BCUT2D eigenvalue weighted by atomic mass is 10.0. The van der Waals surface area contributed by atoms with Gasteiger partial charge in [-0.1, -0.05) is 0 Å². The molecule has 7 heteroatoms. The van der Waals surface area contributed by atoms with E-state index in [9.17, 15) is 19.8 Å². The molecule has 2 aromatic heterocycles. The molecule has 0 atom stereocenters. The van der Waals surface area contributed by atoms with Gasteiger partial charge in [0.25, 0.3) is 5.91 Å². The number of fused-ring (bicyclic) bond motifs is 1. The van der Waals surface area contributed by atoms with Crippen LogP contribution in [-0.4, -0.2) is 32.1 Å². The van der Waals surface area contributed by atoms with Crippen molar-refractivity contribution in [1.29, 1.82) is 0 Å². The summed E-state index contributed by atoms with van der Waals surface area (Å²) in [6, 6.07) is 0. The molecule has 2 aromatic rings. The first-order valence-corrected chi connectivity index (χ1v) is 7.38. The van der Waals surface area contributed by atoms with Crippen molar-refractivity contribution < 1.29 is 19.8 Å². The minimum atomic E-state index is -1.02. The lowest BCUT2D eigenvalue weighted by Gasteiger charge is -2.08. The Kier molecular flexibility index (Phi) is 3.44. The van der Waals surface area contributed by atoms with E-state index in [1.54, 1.807) is 33.8 Å². The molecule has 124 valence electrons. The van der Waals surface area contributed by atoms with E-state index < -0.39 is 5.97 Å². The molecule has 1 aliphatic rings. The van der Waals surface area contributed by atoms with E-state index >= 15 is 0 Å². The fraction of sp³-hybridized carbons (Fsp3) is 0.235. The Labute approximate surface area is 138 Å². The van der Waals surface area contributed by atoms with Gasteiger partial charge in [-0.15, -0.1) is 0 Å². The monoisotopic (exact) mass is 327 g/mol. The molecule has 3 heterocycles. The highest BCUT2D eigenvalue weighted by atomic mass is 16.4. The number of hydrogen-bond donors (Lipinski definition) is 4. The van der Waals surface area contributed by atoms with Gasteiger partial charge in [-0.05, 0) is 39.3 Å². The van der Waals surface area contributed by atoms with Crippen molar-refractivity contribution in [2.24, 2.45) is 0 Å². The molecule has 0 saturated carbocycles. The van der Waals surface area contributed by atoms with Gasteiger partial charge in [0.2, 0.25) is 0 Å². The number of aryl methyl sites for hydroxylation is 2. The number of carbonyl (C=O) groups is 2. The Morgan fingerprint density at radius 2 is 1.83 bits per heavy atom. The van der Waals surface area contributed by atoms with Crippen LogP contribution in [0.4, 0.5) is 5.82 Å². The molecule has 0 unspecified atom stereocenters. The maximum atomic E-state index is 12.3. The zero-order chi connectivity index (χ0) is 17.8. The highest BCUT2D eigenvalue weighted by Gasteiger charge is 2.30. The molecular formula is C17H17N3O4. The molecular weight excluding hydrogens is 310 g/mol. The predicted molar refractivity (Wildman–Crippen MR) is 89.1 cm³/mol. The van der Waals surface area contributed by atoms with Crippen LogP contribution < -0.4 is 5.32 Å². The van der Waals surface area contributed by atoms with E-state index in [-0.39, 0.29) is 17.2 Å². The average Bonchev–Trinajstić information content (AvgIpc) is 2.94. The van der Waals surface area contributed by atoms with Crippen LogP contribution in [0.25, 0.3) is 11.6 Å². The van der Waals surface area contributed by atoms with Crippen LogP contribution in [0.2, 0.25) is 0 Å². The second kappa shape index (κ2) is 5.23. The summed E-state index contributed by atoms with van der Waals surface area (Å²) in [4.78, 5) is 30.8. The number of carbonyl (C=O) groups excluding carboxylic acids is 1. The third-order valence-corrected chi connectivity index (χ3v) is 4.31. The van der Waals surface area contributed by atoms with Crippen molar-refractivity contribution in [3.63, 3.8) is 0 Å². The van der Waals surface area contributed by atoms with Crippen molar-refractivity contribution in [3.05, 3.63) is 39.3 Å². The summed E-state index contributed by atoms with van der Waals surface area (Å²) in [5.41, 5.74) is 3.68. The van der Waals surface area contributed by atoms with Crippen LogP contribution in [0.15, 0.2) is 0 Å². The van der Waals surface area contributed by atoms with Crippen LogP contribution in [0.3, 0.4) is 0 Å². The number of aromatic amines is 1. The zero-order valence-corrected chi connectivity index (χ0v) is 13.7. The molecule has 0 fully saturated rings. The van der Waals surface area contributed by atoms with Crippen LogP contribution >= 0.6 is 0 Å². The highest BCUT2D eigenvalue weighted by molar-refractivity contribution is 6.35. The van der Waals surface area contributed by atoms with Crippen molar-refractivity contribution >= 4 is 29.3 Å². The Bertz CT molecular complexity index is 938. The molecule has 0 saturated heterocycles. The lowest BCUT2D eigenvalue weighted by molar-refractivity contribution is -0.110. The normalized spacial score (nSPS) is 14.8. The maximum absolute atomic E-state index is 12.3. The van der Waals surface area contributed by atoms with Crippen molar-refractivity contribution in [2.75, 3.05) is 5.32 Å². The summed E-state index contributed by atoms with van der Waals surface area (Å²) in [6.07, 6.45) is 1.60. The standard InChI is InChI=1S/C17H17N3O4/c1-6-11(18-8(3)12(6)17(23)24)5-10-13-7(2)14(21)9(4)19-15(13)20-16(10)22/h5,18,21H,1-4H3,(H,23,24)(H,19,20,22). The molecule has 3 rings (SSSR count). The molecule has 0 aromatic carbocycles. The van der Waals surface area contributed by atoms with E-state index in [0.29, 0.717) is 45.2 Å². The summed E-state index contributed by atoms with van der Waals surface area (Å²) in [5.74, 6) is -0.914. The van der Waals surface area contributed by atoms with Crippen LogP contribution in [-0.2, 0) is 4.79 Å². The number of nitrogens with zero attached hydrogens (tertiary/aromatic N) is 1. The number of aromatic hydroxyl groups is 1. The van der Waals surface area contributed by atoms with Gasteiger partial charge >= 0.3 is 5.97 Å². The van der Waals surface area contributed by atoms with Gasteiger partial charge in [-0.2, -0.15) is 0 Å². The fourth-order valence-electron chi connectivity index (χ4n) is 3.07. The third kappa shape index (κ3) is 2.17. The fourth-order valence-corrected chi connectivity index (χ4v) is 3.07. The Morgan fingerprint density at radius 3 is 2.42 bits per heavy atom. The van der Waals surface area contributed by atoms with Gasteiger partial charge in [-0.3, -0.25) is 4.79 Å². The van der Waals surface area contributed by atoms with Gasteiger partial charge in [-0.25, -0.2) is 9.78 Å². The number of H-pyrrole nitrogens is 1. The Hall–Kier alpha value is -3.09.